The average Bonchev–Trinajstić information content (AvgIpc) is 2.80. The third-order valence-electron chi connectivity index (χ3n) is 2.87. The zero-order valence-electron chi connectivity index (χ0n) is 10.1. The molecule has 1 aromatic carbocycles. The summed E-state index contributed by atoms with van der Waals surface area (Å²) < 4.78 is 1.92. The second-order valence-corrected chi connectivity index (χ2v) is 4.13. The second-order valence-electron chi connectivity index (χ2n) is 4.13. The molecule has 0 unspecified atom stereocenters. The van der Waals surface area contributed by atoms with E-state index in [2.05, 4.69) is 15.0 Å². The Hall–Kier alpha value is -2.76. The first-order chi connectivity index (χ1) is 9.15. The van der Waals surface area contributed by atoms with Gasteiger partial charge in [-0.05, 0) is 18.2 Å². The van der Waals surface area contributed by atoms with Crippen molar-refractivity contribution in [3.05, 3.63) is 42.6 Å². The standard InChI is InChI=1S/C13H10N4O2/c1-17-7-15-10-6-8(2-3-11(10)17)9-4-5-14-12(16-9)13(18)19/h2-7H,1H3,(H,18,19). The first kappa shape index (κ1) is 11.3. The van der Waals surface area contributed by atoms with Crippen LogP contribution in [-0.2, 0) is 7.05 Å². The highest BCUT2D eigenvalue weighted by Crippen LogP contribution is 2.21. The van der Waals surface area contributed by atoms with Gasteiger partial charge in [0.1, 0.15) is 0 Å². The lowest BCUT2D eigenvalue weighted by Gasteiger charge is -2.02. The van der Waals surface area contributed by atoms with Crippen LogP contribution in [0.1, 0.15) is 10.6 Å². The van der Waals surface area contributed by atoms with Crippen LogP contribution >= 0.6 is 0 Å². The molecule has 0 aliphatic rings. The van der Waals surface area contributed by atoms with Crippen LogP contribution in [0.5, 0.6) is 0 Å². The van der Waals surface area contributed by atoms with Crippen LogP contribution in [0, 0.1) is 0 Å². The predicted octanol–water partition coefficient (Wildman–Crippen LogP) is 1.73. The third kappa shape index (κ3) is 1.93. The smallest absolute Gasteiger partial charge is 0.373 e. The molecule has 6 heteroatoms. The van der Waals surface area contributed by atoms with Gasteiger partial charge < -0.3 is 9.67 Å². The van der Waals surface area contributed by atoms with Crippen molar-refractivity contribution in [3.63, 3.8) is 0 Å². The van der Waals surface area contributed by atoms with Crippen LogP contribution in [-0.4, -0.2) is 30.6 Å². The maximum absolute atomic E-state index is 10.9. The molecule has 0 amide bonds. The van der Waals surface area contributed by atoms with Gasteiger partial charge in [0.15, 0.2) is 0 Å². The molecule has 3 aromatic rings. The van der Waals surface area contributed by atoms with E-state index in [1.807, 2.05) is 29.8 Å². The molecule has 6 nitrogen and oxygen atoms in total. The number of nitrogens with zero attached hydrogens (tertiary/aromatic N) is 4. The van der Waals surface area contributed by atoms with Crippen molar-refractivity contribution in [2.45, 2.75) is 0 Å². The van der Waals surface area contributed by atoms with Gasteiger partial charge in [0.05, 0.1) is 23.1 Å². The third-order valence-corrected chi connectivity index (χ3v) is 2.87. The molecule has 94 valence electrons. The molecule has 19 heavy (non-hydrogen) atoms. The van der Waals surface area contributed by atoms with Gasteiger partial charge in [0.25, 0.3) is 0 Å². The zero-order chi connectivity index (χ0) is 13.4. The van der Waals surface area contributed by atoms with Gasteiger partial charge in [-0.1, -0.05) is 6.07 Å². The van der Waals surface area contributed by atoms with Crippen LogP contribution in [0.2, 0.25) is 0 Å². The average molecular weight is 254 g/mol. The number of hydrogen-bond donors (Lipinski definition) is 1. The quantitative estimate of drug-likeness (QED) is 0.753. The molecule has 3 rings (SSSR count). The first-order valence-corrected chi connectivity index (χ1v) is 5.63. The Morgan fingerprint density at radius 3 is 2.89 bits per heavy atom. The summed E-state index contributed by atoms with van der Waals surface area (Å²) in [7, 11) is 1.92. The molecule has 0 saturated heterocycles. The van der Waals surface area contributed by atoms with E-state index < -0.39 is 5.97 Å². The van der Waals surface area contributed by atoms with E-state index in [0.717, 1.165) is 16.6 Å². The lowest BCUT2D eigenvalue weighted by molar-refractivity contribution is 0.0683. The van der Waals surface area contributed by atoms with Gasteiger partial charge >= 0.3 is 5.97 Å². The number of aryl methyl sites for hydroxylation is 1. The van der Waals surface area contributed by atoms with Crippen molar-refractivity contribution in [2.24, 2.45) is 7.05 Å². The number of carboxylic acid groups (broad SMARTS) is 1. The predicted molar refractivity (Wildman–Crippen MR) is 68.7 cm³/mol. The fraction of sp³-hybridized carbons (Fsp3) is 0.0769. The summed E-state index contributed by atoms with van der Waals surface area (Å²) in [5, 5.41) is 8.89. The number of fused-ring (bicyclic) bond motifs is 1. The molecule has 2 aromatic heterocycles. The lowest BCUT2D eigenvalue weighted by atomic mass is 10.1. The Bertz CT molecular complexity index is 779. The molecule has 0 aliphatic carbocycles. The molecule has 0 fully saturated rings. The van der Waals surface area contributed by atoms with E-state index in [0.29, 0.717) is 5.69 Å². The fourth-order valence-corrected chi connectivity index (χ4v) is 1.92. The summed E-state index contributed by atoms with van der Waals surface area (Å²) in [6, 6.07) is 7.37. The summed E-state index contributed by atoms with van der Waals surface area (Å²) in [4.78, 5) is 22.8. The first-order valence-electron chi connectivity index (χ1n) is 5.63. The minimum Gasteiger partial charge on any atom is -0.475 e. The van der Waals surface area contributed by atoms with Gasteiger partial charge in [-0.15, -0.1) is 0 Å². The van der Waals surface area contributed by atoms with Crippen LogP contribution in [0.3, 0.4) is 0 Å². The molecular formula is C13H10N4O2. The van der Waals surface area contributed by atoms with Gasteiger partial charge in [-0.2, -0.15) is 0 Å². The second kappa shape index (κ2) is 4.16. The normalized spacial score (nSPS) is 10.8. The molecule has 2 heterocycles. The Morgan fingerprint density at radius 1 is 1.26 bits per heavy atom. The summed E-state index contributed by atoms with van der Waals surface area (Å²) in [6.45, 7) is 0. The zero-order valence-corrected chi connectivity index (χ0v) is 10.1. The Labute approximate surface area is 108 Å². The van der Waals surface area contributed by atoms with Crippen molar-refractivity contribution in [1.29, 1.82) is 0 Å². The monoisotopic (exact) mass is 254 g/mol. The molecule has 0 bridgehead atoms. The van der Waals surface area contributed by atoms with Crippen LogP contribution in [0.15, 0.2) is 36.8 Å². The molecule has 0 radical (unpaired) electrons. The van der Waals surface area contributed by atoms with E-state index >= 15 is 0 Å². The summed E-state index contributed by atoms with van der Waals surface area (Å²) in [5.74, 6) is -1.35. The fourth-order valence-electron chi connectivity index (χ4n) is 1.92. The summed E-state index contributed by atoms with van der Waals surface area (Å²) in [5.41, 5.74) is 3.24. The van der Waals surface area contributed by atoms with Gasteiger partial charge in [-0.3, -0.25) is 0 Å². The molecule has 1 N–H and O–H groups in total. The van der Waals surface area contributed by atoms with Crippen molar-refractivity contribution < 1.29 is 9.90 Å². The number of rotatable bonds is 2. The molecule has 0 atom stereocenters. The highest BCUT2D eigenvalue weighted by atomic mass is 16.4. The topological polar surface area (TPSA) is 80.9 Å². The number of carboxylic acids is 1. The lowest BCUT2D eigenvalue weighted by Crippen LogP contribution is -2.04. The maximum atomic E-state index is 10.9. The van der Waals surface area contributed by atoms with Gasteiger partial charge in [0.2, 0.25) is 5.82 Å². The summed E-state index contributed by atoms with van der Waals surface area (Å²) >= 11 is 0. The van der Waals surface area contributed by atoms with Crippen molar-refractivity contribution in [2.75, 3.05) is 0 Å². The number of benzene rings is 1. The van der Waals surface area contributed by atoms with E-state index in [4.69, 9.17) is 5.11 Å². The van der Waals surface area contributed by atoms with Crippen LogP contribution in [0.4, 0.5) is 0 Å². The number of aromatic nitrogens is 4. The molecule has 0 aliphatic heterocycles. The van der Waals surface area contributed by atoms with Crippen LogP contribution in [0.25, 0.3) is 22.3 Å². The number of hydrogen-bond acceptors (Lipinski definition) is 4. The van der Waals surface area contributed by atoms with E-state index in [9.17, 15) is 4.79 Å². The van der Waals surface area contributed by atoms with Crippen LogP contribution < -0.4 is 0 Å². The molecule has 0 saturated carbocycles. The maximum Gasteiger partial charge on any atom is 0.373 e. The van der Waals surface area contributed by atoms with Gasteiger partial charge in [-0.25, -0.2) is 19.7 Å². The number of aromatic carboxylic acids is 1. The van der Waals surface area contributed by atoms with Crippen molar-refractivity contribution >= 4 is 17.0 Å². The molecular weight excluding hydrogens is 244 g/mol. The SMILES string of the molecule is Cn1cnc2cc(-c3ccnc(C(=O)O)n3)ccc21. The van der Waals surface area contributed by atoms with E-state index in [1.165, 1.54) is 6.20 Å². The molecule has 0 spiro atoms. The Balaban J connectivity index is 2.13. The summed E-state index contributed by atoms with van der Waals surface area (Å²) in [6.07, 6.45) is 3.17. The number of imidazole rings is 1. The minimum atomic E-state index is -1.14. The van der Waals surface area contributed by atoms with E-state index in [-0.39, 0.29) is 5.82 Å². The highest BCUT2D eigenvalue weighted by molar-refractivity contribution is 5.85. The Kier molecular flexibility index (Phi) is 2.49. The van der Waals surface area contributed by atoms with Crippen molar-refractivity contribution in [1.82, 2.24) is 19.5 Å². The van der Waals surface area contributed by atoms with Crippen molar-refractivity contribution in [3.8, 4) is 11.3 Å². The largest absolute Gasteiger partial charge is 0.475 e. The highest BCUT2D eigenvalue weighted by Gasteiger charge is 2.09. The number of carbonyl (C=O) groups is 1. The van der Waals surface area contributed by atoms with Gasteiger partial charge in [0, 0.05) is 18.8 Å². The van der Waals surface area contributed by atoms with E-state index in [1.54, 1.807) is 12.4 Å². The Morgan fingerprint density at radius 2 is 2.11 bits per heavy atom. The minimum absolute atomic E-state index is 0.210.